The number of carbonyl (C=O) groups is 1. The van der Waals surface area contributed by atoms with Gasteiger partial charge in [0.15, 0.2) is 0 Å². The molecule has 1 heterocycles. The third kappa shape index (κ3) is 4.18. The fraction of sp³-hybridized carbons (Fsp3) is 0.538. The monoisotopic (exact) mass is 280 g/mol. The van der Waals surface area contributed by atoms with Crippen molar-refractivity contribution in [2.45, 2.75) is 46.2 Å². The van der Waals surface area contributed by atoms with Gasteiger partial charge in [-0.25, -0.2) is 4.98 Å². The molecule has 0 radical (unpaired) electrons. The lowest BCUT2D eigenvalue weighted by molar-refractivity contribution is -0.384. The molecule has 0 fully saturated rings. The predicted octanol–water partition coefficient (Wildman–Crippen LogP) is 2.01. The molecule has 0 aromatic carbocycles. The van der Waals surface area contributed by atoms with Gasteiger partial charge in [0.1, 0.15) is 6.04 Å². The summed E-state index contributed by atoms with van der Waals surface area (Å²) >= 11 is 0. The zero-order chi connectivity index (χ0) is 15.5. The molecule has 7 heteroatoms. The van der Waals surface area contributed by atoms with Crippen LogP contribution >= 0.6 is 0 Å². The largest absolute Gasteiger partial charge is 0.353 e. The second-order valence-corrected chi connectivity index (χ2v) is 5.69. The van der Waals surface area contributed by atoms with Gasteiger partial charge < -0.3 is 10.6 Å². The highest BCUT2D eigenvalue weighted by Crippen LogP contribution is 2.25. The van der Waals surface area contributed by atoms with Crippen LogP contribution in [0, 0.1) is 17.0 Å². The van der Waals surface area contributed by atoms with E-state index >= 15 is 0 Å². The smallest absolute Gasteiger partial charge is 0.314 e. The number of anilines is 1. The standard InChI is InChI=1S/C13H20N4O3/c1-8-6-7-14-11(10(8)17(19)20)15-9(2)12(18)16-13(3,4)5/h6-7,9H,1-5H3,(H,14,15)(H,16,18). The highest BCUT2D eigenvalue weighted by Gasteiger charge is 2.24. The number of nitro groups is 1. The van der Waals surface area contributed by atoms with E-state index in [0.29, 0.717) is 5.56 Å². The second kappa shape index (κ2) is 5.85. The highest BCUT2D eigenvalue weighted by molar-refractivity contribution is 5.85. The number of hydrogen-bond acceptors (Lipinski definition) is 5. The van der Waals surface area contributed by atoms with Gasteiger partial charge in [-0.15, -0.1) is 0 Å². The maximum Gasteiger partial charge on any atom is 0.314 e. The Hall–Kier alpha value is -2.18. The zero-order valence-corrected chi connectivity index (χ0v) is 12.4. The summed E-state index contributed by atoms with van der Waals surface area (Å²) in [7, 11) is 0. The Kier molecular flexibility index (Phi) is 4.65. The number of aryl methyl sites for hydroxylation is 1. The molecule has 0 bridgehead atoms. The number of hydrogen-bond donors (Lipinski definition) is 2. The molecule has 0 aliphatic heterocycles. The number of nitrogens with one attached hydrogen (secondary N) is 2. The minimum atomic E-state index is -0.623. The molecule has 1 atom stereocenters. The first-order chi connectivity index (χ1) is 9.11. The van der Waals surface area contributed by atoms with Crippen molar-refractivity contribution in [3.05, 3.63) is 27.9 Å². The fourth-order valence-corrected chi connectivity index (χ4v) is 1.64. The van der Waals surface area contributed by atoms with Crippen molar-refractivity contribution in [2.75, 3.05) is 5.32 Å². The third-order valence-electron chi connectivity index (χ3n) is 2.55. The van der Waals surface area contributed by atoms with E-state index in [9.17, 15) is 14.9 Å². The van der Waals surface area contributed by atoms with Crippen molar-refractivity contribution in [3.63, 3.8) is 0 Å². The van der Waals surface area contributed by atoms with Crippen molar-refractivity contribution in [3.8, 4) is 0 Å². The van der Waals surface area contributed by atoms with Gasteiger partial charge in [0.05, 0.1) is 4.92 Å². The van der Waals surface area contributed by atoms with Crippen LogP contribution in [0.2, 0.25) is 0 Å². The molecule has 1 aromatic rings. The van der Waals surface area contributed by atoms with Gasteiger partial charge in [-0.2, -0.15) is 0 Å². The van der Waals surface area contributed by atoms with Crippen LogP contribution in [-0.2, 0) is 4.79 Å². The van der Waals surface area contributed by atoms with Crippen LogP contribution < -0.4 is 10.6 Å². The maximum atomic E-state index is 12.0. The number of rotatable bonds is 4. The minimum Gasteiger partial charge on any atom is -0.353 e. The van der Waals surface area contributed by atoms with E-state index in [1.54, 1.807) is 19.9 Å². The molecule has 0 spiro atoms. The van der Waals surface area contributed by atoms with Crippen LogP contribution in [0.25, 0.3) is 0 Å². The van der Waals surface area contributed by atoms with Crippen molar-refractivity contribution in [1.29, 1.82) is 0 Å². The van der Waals surface area contributed by atoms with Crippen LogP contribution in [0.4, 0.5) is 11.5 Å². The molecule has 1 unspecified atom stereocenters. The maximum absolute atomic E-state index is 12.0. The molecular formula is C13H20N4O3. The molecule has 0 aliphatic rings. The average Bonchev–Trinajstić information content (AvgIpc) is 2.25. The highest BCUT2D eigenvalue weighted by atomic mass is 16.6. The van der Waals surface area contributed by atoms with E-state index in [-0.39, 0.29) is 23.0 Å². The van der Waals surface area contributed by atoms with Crippen LogP contribution in [0.3, 0.4) is 0 Å². The van der Waals surface area contributed by atoms with Crippen LogP contribution in [0.1, 0.15) is 33.3 Å². The lowest BCUT2D eigenvalue weighted by atomic mass is 10.1. The van der Waals surface area contributed by atoms with E-state index < -0.39 is 11.0 Å². The van der Waals surface area contributed by atoms with Gasteiger partial charge in [0.2, 0.25) is 11.7 Å². The van der Waals surface area contributed by atoms with Crippen LogP contribution in [0.15, 0.2) is 12.3 Å². The summed E-state index contributed by atoms with van der Waals surface area (Å²) < 4.78 is 0. The van der Waals surface area contributed by atoms with Crippen molar-refractivity contribution in [1.82, 2.24) is 10.3 Å². The number of nitrogens with zero attached hydrogens (tertiary/aromatic N) is 2. The summed E-state index contributed by atoms with van der Waals surface area (Å²) in [5, 5.41) is 16.6. The topological polar surface area (TPSA) is 97.2 Å². The van der Waals surface area contributed by atoms with Crippen molar-refractivity contribution < 1.29 is 9.72 Å². The third-order valence-corrected chi connectivity index (χ3v) is 2.55. The first-order valence-electron chi connectivity index (χ1n) is 6.30. The van der Waals surface area contributed by atoms with E-state index in [4.69, 9.17) is 0 Å². The molecule has 0 saturated heterocycles. The van der Waals surface area contributed by atoms with Gasteiger partial charge >= 0.3 is 5.69 Å². The number of pyridine rings is 1. The average molecular weight is 280 g/mol. The van der Waals surface area contributed by atoms with Gasteiger partial charge in [-0.3, -0.25) is 14.9 Å². The summed E-state index contributed by atoms with van der Waals surface area (Å²) in [6.07, 6.45) is 1.47. The summed E-state index contributed by atoms with van der Waals surface area (Å²) in [5.74, 6) is -0.137. The summed E-state index contributed by atoms with van der Waals surface area (Å²) in [6, 6.07) is 0.936. The molecule has 110 valence electrons. The first kappa shape index (κ1) is 15.9. The SMILES string of the molecule is Cc1ccnc(NC(C)C(=O)NC(C)(C)C)c1[N+](=O)[O-]. The molecule has 2 N–H and O–H groups in total. The van der Waals surface area contributed by atoms with Crippen molar-refractivity contribution in [2.24, 2.45) is 0 Å². The lowest BCUT2D eigenvalue weighted by Gasteiger charge is -2.23. The number of aromatic nitrogens is 1. The van der Waals surface area contributed by atoms with Crippen LogP contribution in [-0.4, -0.2) is 27.4 Å². The zero-order valence-electron chi connectivity index (χ0n) is 12.4. The minimum absolute atomic E-state index is 0.103. The normalized spacial score (nSPS) is 12.7. The molecule has 7 nitrogen and oxygen atoms in total. The van der Waals surface area contributed by atoms with Gasteiger partial charge in [0.25, 0.3) is 0 Å². The van der Waals surface area contributed by atoms with E-state index in [0.717, 1.165) is 0 Å². The lowest BCUT2D eigenvalue weighted by Crippen LogP contribution is -2.47. The summed E-state index contributed by atoms with van der Waals surface area (Å²) in [6.45, 7) is 8.86. The van der Waals surface area contributed by atoms with Crippen molar-refractivity contribution >= 4 is 17.4 Å². The Balaban J connectivity index is 2.91. The van der Waals surface area contributed by atoms with Crippen LogP contribution in [0.5, 0.6) is 0 Å². The first-order valence-corrected chi connectivity index (χ1v) is 6.30. The quantitative estimate of drug-likeness (QED) is 0.649. The Bertz CT molecular complexity index is 523. The molecule has 0 aliphatic carbocycles. The molecule has 0 saturated carbocycles. The van der Waals surface area contributed by atoms with E-state index in [1.807, 2.05) is 20.8 Å². The Morgan fingerprint density at radius 3 is 2.55 bits per heavy atom. The fourth-order valence-electron chi connectivity index (χ4n) is 1.64. The molecular weight excluding hydrogens is 260 g/mol. The molecule has 1 rings (SSSR count). The summed E-state index contributed by atoms with van der Waals surface area (Å²) in [4.78, 5) is 26.5. The van der Waals surface area contributed by atoms with Gasteiger partial charge in [-0.1, -0.05) is 0 Å². The van der Waals surface area contributed by atoms with E-state index in [2.05, 4.69) is 15.6 Å². The Morgan fingerprint density at radius 1 is 1.45 bits per heavy atom. The molecule has 1 aromatic heterocycles. The second-order valence-electron chi connectivity index (χ2n) is 5.69. The number of amides is 1. The Labute approximate surface area is 117 Å². The summed E-state index contributed by atoms with van der Waals surface area (Å²) in [5.41, 5.74) is 0.0257. The number of carbonyl (C=O) groups excluding carboxylic acids is 1. The Morgan fingerprint density at radius 2 is 2.05 bits per heavy atom. The van der Waals surface area contributed by atoms with Gasteiger partial charge in [-0.05, 0) is 40.7 Å². The van der Waals surface area contributed by atoms with Gasteiger partial charge in [0, 0.05) is 17.3 Å². The molecule has 1 amide bonds. The van der Waals surface area contributed by atoms with E-state index in [1.165, 1.54) is 6.20 Å². The predicted molar refractivity (Wildman–Crippen MR) is 76.6 cm³/mol. The molecule has 20 heavy (non-hydrogen) atoms.